The second kappa shape index (κ2) is 9.53. The molecule has 6 heteroatoms. The Morgan fingerprint density at radius 3 is 2.64 bits per heavy atom. The average molecular weight is 367 g/mol. The van der Waals surface area contributed by atoms with Crippen molar-refractivity contribution in [3.05, 3.63) is 16.1 Å². The molecule has 0 aromatic carbocycles. The fourth-order valence-electron chi connectivity index (χ4n) is 2.92. The van der Waals surface area contributed by atoms with E-state index < -0.39 is 0 Å². The molecule has 0 bridgehead atoms. The predicted molar refractivity (Wildman–Crippen MR) is 107 cm³/mol. The molecule has 1 aliphatic rings. The van der Waals surface area contributed by atoms with Crippen molar-refractivity contribution >= 4 is 17.3 Å². The summed E-state index contributed by atoms with van der Waals surface area (Å²) < 4.78 is 5.75. The minimum atomic E-state index is 0.123. The number of aromatic nitrogens is 1. The first-order chi connectivity index (χ1) is 11.9. The van der Waals surface area contributed by atoms with Gasteiger partial charge in [0.25, 0.3) is 0 Å². The standard InChI is InChI=1S/C19H34N4OS/c1-6-20-18(23-12-9-15(10-13-23)24-7-2)21-11-8-17-22-16(14-25-17)19(3,4)5/h14-15H,6-13H2,1-5H3,(H,20,21). The van der Waals surface area contributed by atoms with Crippen LogP contribution in [0.15, 0.2) is 10.4 Å². The molecule has 0 radical (unpaired) electrons. The molecule has 5 nitrogen and oxygen atoms in total. The van der Waals surface area contributed by atoms with Crippen LogP contribution >= 0.6 is 11.3 Å². The van der Waals surface area contributed by atoms with Crippen LogP contribution in [-0.4, -0.2) is 54.7 Å². The molecule has 0 aliphatic carbocycles. The summed E-state index contributed by atoms with van der Waals surface area (Å²) in [6.07, 6.45) is 3.49. The van der Waals surface area contributed by atoms with E-state index in [0.717, 1.165) is 58.0 Å². The lowest BCUT2D eigenvalue weighted by molar-refractivity contribution is 0.0264. The van der Waals surface area contributed by atoms with Crippen molar-refractivity contribution in [2.24, 2.45) is 4.99 Å². The van der Waals surface area contributed by atoms with E-state index in [-0.39, 0.29) is 5.41 Å². The molecular formula is C19H34N4OS. The van der Waals surface area contributed by atoms with E-state index in [1.54, 1.807) is 11.3 Å². The summed E-state index contributed by atoms with van der Waals surface area (Å²) in [4.78, 5) is 12.0. The van der Waals surface area contributed by atoms with Crippen molar-refractivity contribution in [2.45, 2.75) is 65.4 Å². The monoisotopic (exact) mass is 366 g/mol. The van der Waals surface area contributed by atoms with Gasteiger partial charge in [0.05, 0.1) is 16.8 Å². The van der Waals surface area contributed by atoms with E-state index in [1.807, 2.05) is 0 Å². The Hall–Kier alpha value is -1.14. The Morgan fingerprint density at radius 1 is 1.36 bits per heavy atom. The molecule has 0 spiro atoms. The summed E-state index contributed by atoms with van der Waals surface area (Å²) in [5, 5.41) is 6.80. The molecule has 0 saturated carbocycles. The normalized spacial score (nSPS) is 17.2. The summed E-state index contributed by atoms with van der Waals surface area (Å²) in [6, 6.07) is 0. The Morgan fingerprint density at radius 2 is 2.08 bits per heavy atom. The van der Waals surface area contributed by atoms with Crippen LogP contribution in [0.4, 0.5) is 0 Å². The number of guanidine groups is 1. The molecule has 2 rings (SSSR count). The largest absolute Gasteiger partial charge is 0.378 e. The third-order valence-corrected chi connectivity index (χ3v) is 5.29. The molecule has 1 saturated heterocycles. The number of thiazole rings is 1. The zero-order valence-electron chi connectivity index (χ0n) is 16.5. The maximum atomic E-state index is 5.75. The second-order valence-electron chi connectivity index (χ2n) is 7.50. The number of hydrogen-bond donors (Lipinski definition) is 1. The minimum Gasteiger partial charge on any atom is -0.378 e. The zero-order valence-corrected chi connectivity index (χ0v) is 17.3. The number of ether oxygens (including phenoxy) is 1. The van der Waals surface area contributed by atoms with Gasteiger partial charge in [-0.1, -0.05) is 20.8 Å². The van der Waals surface area contributed by atoms with Crippen molar-refractivity contribution in [1.82, 2.24) is 15.2 Å². The highest BCUT2D eigenvalue weighted by Gasteiger charge is 2.21. The first kappa shape index (κ1) is 20.2. The van der Waals surface area contributed by atoms with Crippen LogP contribution in [0.25, 0.3) is 0 Å². The lowest BCUT2D eigenvalue weighted by Gasteiger charge is -2.34. The first-order valence-corrected chi connectivity index (χ1v) is 10.4. The summed E-state index contributed by atoms with van der Waals surface area (Å²) >= 11 is 1.75. The van der Waals surface area contributed by atoms with Crippen LogP contribution in [0.5, 0.6) is 0 Å². The topological polar surface area (TPSA) is 49.8 Å². The lowest BCUT2D eigenvalue weighted by atomic mass is 9.93. The number of aliphatic imine (C=N–C) groups is 1. The molecule has 1 aliphatic heterocycles. The number of likely N-dealkylation sites (tertiary alicyclic amines) is 1. The highest BCUT2D eigenvalue weighted by atomic mass is 32.1. The molecule has 1 aromatic rings. The number of nitrogens with one attached hydrogen (secondary N) is 1. The first-order valence-electron chi connectivity index (χ1n) is 9.53. The highest BCUT2D eigenvalue weighted by molar-refractivity contribution is 7.09. The smallest absolute Gasteiger partial charge is 0.193 e. The Bertz CT molecular complexity index is 542. The molecule has 0 amide bonds. The van der Waals surface area contributed by atoms with Crippen LogP contribution in [0.1, 0.15) is 58.2 Å². The summed E-state index contributed by atoms with van der Waals surface area (Å²) in [5.74, 6) is 1.03. The van der Waals surface area contributed by atoms with Gasteiger partial charge in [-0.3, -0.25) is 4.99 Å². The van der Waals surface area contributed by atoms with Gasteiger partial charge >= 0.3 is 0 Å². The van der Waals surface area contributed by atoms with Crippen LogP contribution in [0.2, 0.25) is 0 Å². The molecular weight excluding hydrogens is 332 g/mol. The maximum absolute atomic E-state index is 5.75. The van der Waals surface area contributed by atoms with Crippen molar-refractivity contribution in [1.29, 1.82) is 0 Å². The number of rotatable bonds is 6. The molecule has 1 fully saturated rings. The summed E-state index contributed by atoms with van der Waals surface area (Å²) in [6.45, 7) is 15.3. The van der Waals surface area contributed by atoms with Crippen molar-refractivity contribution in [3.8, 4) is 0 Å². The molecule has 1 N–H and O–H groups in total. The van der Waals surface area contributed by atoms with E-state index in [2.05, 4.69) is 50.2 Å². The number of hydrogen-bond acceptors (Lipinski definition) is 4. The fourth-order valence-corrected chi connectivity index (χ4v) is 3.94. The Kier molecular flexibility index (Phi) is 7.69. The summed E-state index contributed by atoms with van der Waals surface area (Å²) in [7, 11) is 0. The predicted octanol–water partition coefficient (Wildman–Crippen LogP) is 3.45. The molecule has 25 heavy (non-hydrogen) atoms. The van der Waals surface area contributed by atoms with Crippen LogP contribution in [0.3, 0.4) is 0 Å². The lowest BCUT2D eigenvalue weighted by Crippen LogP contribution is -2.47. The number of nitrogens with zero attached hydrogens (tertiary/aromatic N) is 3. The van der Waals surface area contributed by atoms with Gasteiger partial charge in [-0.05, 0) is 26.7 Å². The van der Waals surface area contributed by atoms with Gasteiger partial charge in [-0.25, -0.2) is 4.98 Å². The van der Waals surface area contributed by atoms with Gasteiger partial charge in [0, 0.05) is 50.0 Å². The maximum Gasteiger partial charge on any atom is 0.193 e. The van der Waals surface area contributed by atoms with E-state index >= 15 is 0 Å². The van der Waals surface area contributed by atoms with Crippen LogP contribution in [-0.2, 0) is 16.6 Å². The summed E-state index contributed by atoms with van der Waals surface area (Å²) in [5.41, 5.74) is 1.30. The second-order valence-corrected chi connectivity index (χ2v) is 8.45. The Balaban J connectivity index is 1.88. The van der Waals surface area contributed by atoms with Crippen LogP contribution < -0.4 is 5.32 Å². The number of piperidine rings is 1. The van der Waals surface area contributed by atoms with E-state index in [9.17, 15) is 0 Å². The molecule has 0 unspecified atom stereocenters. The van der Waals surface area contributed by atoms with E-state index in [0.29, 0.717) is 6.10 Å². The minimum absolute atomic E-state index is 0.123. The molecule has 0 atom stereocenters. The van der Waals surface area contributed by atoms with Gasteiger partial charge in [-0.15, -0.1) is 11.3 Å². The van der Waals surface area contributed by atoms with Gasteiger partial charge in [0.2, 0.25) is 0 Å². The average Bonchev–Trinajstić information content (AvgIpc) is 3.04. The Labute approximate surface area is 156 Å². The third kappa shape index (κ3) is 6.26. The van der Waals surface area contributed by atoms with E-state index in [4.69, 9.17) is 14.7 Å². The fraction of sp³-hybridized carbons (Fsp3) is 0.789. The third-order valence-electron chi connectivity index (χ3n) is 4.39. The quantitative estimate of drug-likeness (QED) is 0.619. The van der Waals surface area contributed by atoms with E-state index in [1.165, 1.54) is 10.7 Å². The molecule has 142 valence electrons. The molecule has 2 heterocycles. The van der Waals surface area contributed by atoms with Gasteiger partial charge < -0.3 is 15.0 Å². The van der Waals surface area contributed by atoms with Gasteiger partial charge in [-0.2, -0.15) is 0 Å². The zero-order chi connectivity index (χ0) is 18.3. The van der Waals surface area contributed by atoms with Crippen molar-refractivity contribution in [3.63, 3.8) is 0 Å². The SMILES string of the molecule is CCNC(=NCCc1nc(C(C)(C)C)cs1)N1CCC(OCC)CC1. The molecule has 1 aromatic heterocycles. The van der Waals surface area contributed by atoms with Crippen molar-refractivity contribution < 1.29 is 4.74 Å². The highest BCUT2D eigenvalue weighted by Crippen LogP contribution is 2.24. The van der Waals surface area contributed by atoms with Gasteiger partial charge in [0.15, 0.2) is 5.96 Å². The van der Waals surface area contributed by atoms with Gasteiger partial charge in [0.1, 0.15) is 0 Å². The van der Waals surface area contributed by atoms with Crippen LogP contribution in [0, 0.1) is 0 Å². The van der Waals surface area contributed by atoms with Crippen molar-refractivity contribution in [2.75, 3.05) is 32.8 Å².